The Morgan fingerprint density at radius 1 is 0.730 bits per heavy atom. The predicted molar refractivity (Wildman–Crippen MR) is 148 cm³/mol. The summed E-state index contributed by atoms with van der Waals surface area (Å²) in [7, 11) is 0. The second-order valence-electron chi connectivity index (χ2n) is 9.54. The summed E-state index contributed by atoms with van der Waals surface area (Å²) < 4.78 is 0. The van der Waals surface area contributed by atoms with Gasteiger partial charge in [0.05, 0.1) is 6.61 Å². The number of rotatable bonds is 22. The first-order valence-corrected chi connectivity index (χ1v) is 13.9. The van der Waals surface area contributed by atoms with E-state index in [1.165, 1.54) is 19.3 Å². The van der Waals surface area contributed by atoms with Crippen molar-refractivity contribution in [1.29, 1.82) is 0 Å². The highest BCUT2D eigenvalue weighted by Crippen LogP contribution is 2.09. The molecule has 0 radical (unpaired) electrons. The molecular formula is C28H49N5O4. The van der Waals surface area contributed by atoms with E-state index in [9.17, 15) is 19.5 Å². The fourth-order valence-electron chi connectivity index (χ4n) is 4.08. The summed E-state index contributed by atoms with van der Waals surface area (Å²) in [5.74, 6) is -1.12. The molecule has 1 aromatic rings. The van der Waals surface area contributed by atoms with Crippen molar-refractivity contribution in [3.8, 4) is 0 Å². The summed E-state index contributed by atoms with van der Waals surface area (Å²) in [5.41, 5.74) is 12.2. The monoisotopic (exact) mass is 519 g/mol. The van der Waals surface area contributed by atoms with Gasteiger partial charge in [-0.2, -0.15) is 0 Å². The van der Waals surface area contributed by atoms with Crippen molar-refractivity contribution in [2.75, 3.05) is 26.2 Å². The van der Waals surface area contributed by atoms with Gasteiger partial charge in [-0.25, -0.2) is 0 Å². The van der Waals surface area contributed by atoms with Gasteiger partial charge in [-0.05, 0) is 57.2 Å². The van der Waals surface area contributed by atoms with E-state index in [0.717, 1.165) is 50.6 Å². The summed E-state index contributed by atoms with van der Waals surface area (Å²) in [5, 5.41) is 17.9. The van der Waals surface area contributed by atoms with Crippen molar-refractivity contribution in [2.24, 2.45) is 11.5 Å². The molecule has 8 N–H and O–H groups in total. The lowest BCUT2D eigenvalue weighted by molar-refractivity contribution is -0.133. The third kappa shape index (κ3) is 16.1. The Bertz CT molecular complexity index is 747. The van der Waals surface area contributed by atoms with Crippen LogP contribution in [0.15, 0.2) is 30.3 Å². The van der Waals surface area contributed by atoms with Crippen LogP contribution in [0, 0.1) is 0 Å². The van der Waals surface area contributed by atoms with Crippen LogP contribution in [0.25, 0.3) is 0 Å². The van der Waals surface area contributed by atoms with Crippen LogP contribution < -0.4 is 27.4 Å². The Hall–Kier alpha value is -2.49. The Morgan fingerprint density at radius 2 is 1.32 bits per heavy atom. The maximum Gasteiger partial charge on any atom is 0.245 e. The van der Waals surface area contributed by atoms with Crippen LogP contribution in [0.5, 0.6) is 0 Å². The number of nitrogens with two attached hydrogens (primary N) is 2. The SMILES string of the molecule is NCCCCCCCCCCC(=O)N[C@@H](CO)C(=O)N[C@@H](CCCCN)C(=O)NCCc1ccccc1. The van der Waals surface area contributed by atoms with E-state index in [1.54, 1.807) is 0 Å². The molecule has 0 spiro atoms. The molecule has 9 nitrogen and oxygen atoms in total. The molecule has 0 aliphatic rings. The number of aliphatic hydroxyl groups is 1. The standard InChI is InChI=1S/C28H49N5O4/c29-19-12-6-4-2-1-3-5-10-17-26(35)32-25(22-34)28(37)33-24(16-11-13-20-30)27(36)31-21-18-23-14-8-7-9-15-23/h7-9,14-15,24-25,34H,1-6,10-13,16-22,29-30H2,(H,31,36)(H,32,35)(H,33,37)/t24-,25-/m0/s1. The van der Waals surface area contributed by atoms with Crippen LogP contribution >= 0.6 is 0 Å². The van der Waals surface area contributed by atoms with Gasteiger partial charge < -0.3 is 32.5 Å². The summed E-state index contributed by atoms with van der Waals surface area (Å²) in [6.07, 6.45) is 11.4. The largest absolute Gasteiger partial charge is 0.394 e. The number of hydrogen-bond acceptors (Lipinski definition) is 6. The number of hydrogen-bond donors (Lipinski definition) is 6. The smallest absolute Gasteiger partial charge is 0.245 e. The van der Waals surface area contributed by atoms with Gasteiger partial charge in [0.25, 0.3) is 0 Å². The first kappa shape index (κ1) is 32.5. The summed E-state index contributed by atoms with van der Waals surface area (Å²) >= 11 is 0. The van der Waals surface area contributed by atoms with Crippen molar-refractivity contribution < 1.29 is 19.5 Å². The highest BCUT2D eigenvalue weighted by Gasteiger charge is 2.26. The molecule has 0 bridgehead atoms. The van der Waals surface area contributed by atoms with Crippen LogP contribution in [0.2, 0.25) is 0 Å². The number of amides is 3. The maximum absolute atomic E-state index is 12.8. The second kappa shape index (κ2) is 21.6. The molecule has 0 aliphatic heterocycles. The lowest BCUT2D eigenvalue weighted by atomic mass is 10.1. The van der Waals surface area contributed by atoms with E-state index < -0.39 is 24.6 Å². The number of carbonyl (C=O) groups is 3. The van der Waals surface area contributed by atoms with Gasteiger partial charge in [0.15, 0.2) is 0 Å². The Balaban J connectivity index is 2.43. The first-order chi connectivity index (χ1) is 18.0. The molecule has 1 aromatic carbocycles. The maximum atomic E-state index is 12.8. The minimum atomic E-state index is -1.09. The molecule has 9 heteroatoms. The predicted octanol–water partition coefficient (Wildman–Crippen LogP) is 1.91. The third-order valence-corrected chi connectivity index (χ3v) is 6.33. The van der Waals surface area contributed by atoms with Crippen LogP contribution in [0.4, 0.5) is 0 Å². The van der Waals surface area contributed by atoms with E-state index in [2.05, 4.69) is 16.0 Å². The zero-order valence-corrected chi connectivity index (χ0v) is 22.4. The van der Waals surface area contributed by atoms with Crippen LogP contribution in [-0.2, 0) is 20.8 Å². The molecule has 37 heavy (non-hydrogen) atoms. The fourth-order valence-corrected chi connectivity index (χ4v) is 4.08. The Kier molecular flexibility index (Phi) is 19.0. The number of benzene rings is 1. The van der Waals surface area contributed by atoms with E-state index >= 15 is 0 Å². The van der Waals surface area contributed by atoms with Crippen LogP contribution in [-0.4, -0.2) is 61.2 Å². The Labute approximate surface area is 222 Å². The summed E-state index contributed by atoms with van der Waals surface area (Å²) in [4.78, 5) is 37.9. The highest BCUT2D eigenvalue weighted by atomic mass is 16.3. The lowest BCUT2D eigenvalue weighted by Crippen LogP contribution is -2.55. The van der Waals surface area contributed by atoms with Gasteiger partial charge in [-0.3, -0.25) is 14.4 Å². The van der Waals surface area contributed by atoms with Gasteiger partial charge in [0.2, 0.25) is 17.7 Å². The van der Waals surface area contributed by atoms with Crippen LogP contribution in [0.3, 0.4) is 0 Å². The minimum absolute atomic E-state index is 0.274. The van der Waals surface area contributed by atoms with Crippen LogP contribution in [0.1, 0.15) is 82.6 Å². The molecule has 0 saturated heterocycles. The van der Waals surface area contributed by atoms with Gasteiger partial charge in [-0.1, -0.05) is 68.9 Å². The van der Waals surface area contributed by atoms with Gasteiger partial charge in [-0.15, -0.1) is 0 Å². The molecule has 3 amide bonds. The number of carbonyl (C=O) groups excluding carboxylic acids is 3. The normalized spacial score (nSPS) is 12.5. The van der Waals surface area contributed by atoms with E-state index in [0.29, 0.717) is 38.8 Å². The summed E-state index contributed by atoms with van der Waals surface area (Å²) in [6.45, 7) is 1.16. The van der Waals surface area contributed by atoms with Crippen molar-refractivity contribution in [3.05, 3.63) is 35.9 Å². The van der Waals surface area contributed by atoms with Gasteiger partial charge in [0.1, 0.15) is 12.1 Å². The molecular weight excluding hydrogens is 470 g/mol. The van der Waals surface area contributed by atoms with Gasteiger partial charge >= 0.3 is 0 Å². The minimum Gasteiger partial charge on any atom is -0.394 e. The molecule has 0 unspecified atom stereocenters. The number of unbranched alkanes of at least 4 members (excludes halogenated alkanes) is 8. The molecule has 0 fully saturated rings. The average Bonchev–Trinajstić information content (AvgIpc) is 2.90. The molecule has 0 aliphatic carbocycles. The van der Waals surface area contributed by atoms with E-state index in [1.807, 2.05) is 30.3 Å². The van der Waals surface area contributed by atoms with Crippen molar-refractivity contribution in [3.63, 3.8) is 0 Å². The molecule has 2 atom stereocenters. The van der Waals surface area contributed by atoms with Crippen molar-refractivity contribution in [1.82, 2.24) is 16.0 Å². The molecule has 0 heterocycles. The number of aliphatic hydroxyl groups excluding tert-OH is 1. The zero-order valence-electron chi connectivity index (χ0n) is 22.4. The molecule has 0 aromatic heterocycles. The van der Waals surface area contributed by atoms with Crippen molar-refractivity contribution in [2.45, 2.75) is 95.6 Å². The van der Waals surface area contributed by atoms with Gasteiger partial charge in [0, 0.05) is 13.0 Å². The van der Waals surface area contributed by atoms with E-state index in [4.69, 9.17) is 11.5 Å². The third-order valence-electron chi connectivity index (χ3n) is 6.33. The zero-order chi connectivity index (χ0) is 27.1. The second-order valence-corrected chi connectivity index (χ2v) is 9.54. The molecule has 1 rings (SSSR count). The number of nitrogens with one attached hydrogen (secondary N) is 3. The lowest BCUT2D eigenvalue weighted by Gasteiger charge is -2.22. The highest BCUT2D eigenvalue weighted by molar-refractivity contribution is 5.92. The molecule has 210 valence electrons. The fraction of sp³-hybridized carbons (Fsp3) is 0.679. The van der Waals surface area contributed by atoms with E-state index in [-0.39, 0.29) is 11.8 Å². The molecule has 0 saturated carbocycles. The summed E-state index contributed by atoms with van der Waals surface area (Å²) in [6, 6.07) is 7.97. The van der Waals surface area contributed by atoms with Crippen molar-refractivity contribution >= 4 is 17.7 Å². The quantitative estimate of drug-likeness (QED) is 0.128. The average molecular weight is 520 g/mol. The Morgan fingerprint density at radius 3 is 1.95 bits per heavy atom. The first-order valence-electron chi connectivity index (χ1n) is 13.9. The topological polar surface area (TPSA) is 160 Å².